The largest absolute Gasteiger partial charge is 0.489 e. The van der Waals surface area contributed by atoms with Gasteiger partial charge in [0.15, 0.2) is 5.78 Å². The van der Waals surface area contributed by atoms with Gasteiger partial charge in [-0.3, -0.25) is 9.69 Å². The maximum atomic E-state index is 13.6. The lowest BCUT2D eigenvalue weighted by Crippen LogP contribution is -2.39. The highest BCUT2D eigenvalue weighted by atomic mass is 19.4. The van der Waals surface area contributed by atoms with E-state index in [0.717, 1.165) is 45.7 Å². The molecule has 1 aliphatic carbocycles. The fourth-order valence-corrected chi connectivity index (χ4v) is 5.72. The van der Waals surface area contributed by atoms with Gasteiger partial charge in [0.2, 0.25) is 0 Å². The van der Waals surface area contributed by atoms with Crippen molar-refractivity contribution in [3.05, 3.63) is 117 Å². The lowest BCUT2D eigenvalue weighted by atomic mass is 9.73. The van der Waals surface area contributed by atoms with Crippen LogP contribution in [0.1, 0.15) is 58.6 Å². The molecular weight excluding hydrogens is 527 g/mol. The molecule has 1 aliphatic heterocycles. The highest BCUT2D eigenvalue weighted by Gasteiger charge is 2.41. The Hall–Kier alpha value is -4.51. The average molecular weight is 558 g/mol. The van der Waals surface area contributed by atoms with E-state index in [2.05, 4.69) is 6.07 Å². The van der Waals surface area contributed by atoms with E-state index in [1.165, 1.54) is 17.0 Å². The minimum Gasteiger partial charge on any atom is -0.489 e. The number of ketones is 1. The molecule has 5 rings (SSSR count). The van der Waals surface area contributed by atoms with Gasteiger partial charge in [0.05, 0.1) is 23.1 Å². The topological polar surface area (TPSA) is 79.3 Å². The number of hydrogen-bond donors (Lipinski definition) is 1. The molecule has 2 N–H and O–H groups in total. The number of alkyl halides is 3. The summed E-state index contributed by atoms with van der Waals surface area (Å²) < 4.78 is 46.8. The van der Waals surface area contributed by atoms with Crippen LogP contribution >= 0.6 is 0 Å². The van der Waals surface area contributed by atoms with Gasteiger partial charge in [0.25, 0.3) is 0 Å². The van der Waals surface area contributed by atoms with E-state index < -0.39 is 17.7 Å². The van der Waals surface area contributed by atoms with Gasteiger partial charge in [0.1, 0.15) is 18.2 Å². The SMILES string of the molecule is Cc1ccc(OCc2cc(C)cc(C3C(C#N)=C(N)N(c4cccc(C(F)(F)F)c4)C4=C3C(=O)CCC4)c2C)cc1. The predicted molar refractivity (Wildman–Crippen MR) is 151 cm³/mol. The van der Waals surface area contributed by atoms with Gasteiger partial charge >= 0.3 is 6.18 Å². The van der Waals surface area contributed by atoms with Crippen molar-refractivity contribution in [2.45, 2.75) is 58.7 Å². The average Bonchev–Trinajstić information content (AvgIpc) is 2.93. The molecular formula is C33H30F3N3O2. The van der Waals surface area contributed by atoms with Gasteiger partial charge in [-0.15, -0.1) is 0 Å². The van der Waals surface area contributed by atoms with E-state index in [-0.39, 0.29) is 29.5 Å². The molecule has 8 heteroatoms. The van der Waals surface area contributed by atoms with Gasteiger partial charge in [0, 0.05) is 23.4 Å². The Kier molecular flexibility index (Phi) is 7.39. The van der Waals surface area contributed by atoms with E-state index in [1.807, 2.05) is 57.2 Å². The maximum Gasteiger partial charge on any atom is 0.416 e. The molecule has 0 radical (unpaired) electrons. The number of nitrogens with two attached hydrogens (primary N) is 1. The Balaban J connectivity index is 1.63. The van der Waals surface area contributed by atoms with Crippen LogP contribution in [-0.2, 0) is 17.6 Å². The van der Waals surface area contributed by atoms with Crippen LogP contribution in [0.25, 0.3) is 0 Å². The number of anilines is 1. The summed E-state index contributed by atoms with van der Waals surface area (Å²) >= 11 is 0. The minimum absolute atomic E-state index is 0.0311. The lowest BCUT2D eigenvalue weighted by Gasteiger charge is -2.40. The number of halogens is 3. The molecule has 5 nitrogen and oxygen atoms in total. The molecule has 0 saturated heterocycles. The van der Waals surface area contributed by atoms with Crippen molar-refractivity contribution in [2.24, 2.45) is 5.73 Å². The normalized spacial score (nSPS) is 17.4. The quantitative estimate of drug-likeness (QED) is 0.351. The van der Waals surface area contributed by atoms with Crippen molar-refractivity contribution >= 4 is 11.5 Å². The zero-order valence-electron chi connectivity index (χ0n) is 23.1. The van der Waals surface area contributed by atoms with E-state index in [1.54, 1.807) is 0 Å². The minimum atomic E-state index is -4.56. The zero-order chi connectivity index (χ0) is 29.5. The summed E-state index contributed by atoms with van der Waals surface area (Å²) in [7, 11) is 0. The second-order valence-electron chi connectivity index (χ2n) is 10.6. The number of allylic oxidation sites excluding steroid dienone is 3. The number of benzene rings is 3. The third kappa shape index (κ3) is 5.32. The second kappa shape index (κ2) is 10.8. The number of rotatable bonds is 5. The van der Waals surface area contributed by atoms with Crippen LogP contribution in [0.3, 0.4) is 0 Å². The number of Topliss-reactive ketones (excluding diaryl/α,β-unsaturated/α-hetero) is 1. The van der Waals surface area contributed by atoms with E-state index >= 15 is 0 Å². The Bertz CT molecular complexity index is 1630. The van der Waals surface area contributed by atoms with Crippen molar-refractivity contribution in [3.8, 4) is 11.8 Å². The van der Waals surface area contributed by atoms with Gasteiger partial charge in [-0.05, 0) is 80.6 Å². The van der Waals surface area contributed by atoms with E-state index in [9.17, 15) is 23.2 Å². The number of aryl methyl sites for hydroxylation is 2. The number of nitrogens with zero attached hydrogens (tertiary/aromatic N) is 2. The van der Waals surface area contributed by atoms with Crippen molar-refractivity contribution in [1.29, 1.82) is 5.26 Å². The molecule has 0 amide bonds. The van der Waals surface area contributed by atoms with Crippen LogP contribution < -0.4 is 15.4 Å². The molecule has 2 aliphatic rings. The number of carbonyl (C=O) groups excluding carboxylic acids is 1. The standard InChI is InChI=1S/C33H30F3N3O2/c1-19-10-12-25(13-11-19)41-18-22-14-20(2)15-26(21(22)3)30-27(17-37)32(38)39(28-8-5-9-29(40)31(28)30)24-7-4-6-23(16-24)33(34,35)36/h4,6-7,10-16,30H,5,8-9,18,38H2,1-3H3. The highest BCUT2D eigenvalue weighted by Crippen LogP contribution is 2.48. The monoisotopic (exact) mass is 557 g/mol. The molecule has 0 spiro atoms. The van der Waals surface area contributed by atoms with Crippen LogP contribution in [0.4, 0.5) is 18.9 Å². The molecule has 0 bridgehead atoms. The molecule has 0 saturated carbocycles. The van der Waals surface area contributed by atoms with Crippen molar-refractivity contribution in [1.82, 2.24) is 0 Å². The van der Waals surface area contributed by atoms with Gasteiger partial charge in [-0.1, -0.05) is 41.5 Å². The number of ether oxygens (including phenoxy) is 1. The Morgan fingerprint density at radius 2 is 1.76 bits per heavy atom. The first kappa shape index (κ1) is 28.0. The summed E-state index contributed by atoms with van der Waals surface area (Å²) in [6.07, 6.45) is -3.28. The lowest BCUT2D eigenvalue weighted by molar-refractivity contribution is -0.137. The molecule has 3 aromatic rings. The molecule has 1 unspecified atom stereocenters. The third-order valence-electron chi connectivity index (χ3n) is 7.77. The van der Waals surface area contributed by atoms with Crippen LogP contribution in [0.2, 0.25) is 0 Å². The highest BCUT2D eigenvalue weighted by molar-refractivity contribution is 6.01. The first-order valence-electron chi connectivity index (χ1n) is 13.4. The Morgan fingerprint density at radius 1 is 1.02 bits per heavy atom. The summed E-state index contributed by atoms with van der Waals surface area (Å²) in [6, 6.07) is 18.7. The Morgan fingerprint density at radius 3 is 2.44 bits per heavy atom. The number of nitriles is 1. The molecule has 1 atom stereocenters. The zero-order valence-corrected chi connectivity index (χ0v) is 23.1. The van der Waals surface area contributed by atoms with Crippen LogP contribution in [0.5, 0.6) is 5.75 Å². The smallest absolute Gasteiger partial charge is 0.416 e. The summed E-state index contributed by atoms with van der Waals surface area (Å²) in [6.45, 7) is 6.15. The van der Waals surface area contributed by atoms with Crippen molar-refractivity contribution < 1.29 is 22.7 Å². The maximum absolute atomic E-state index is 13.6. The summed E-state index contributed by atoms with van der Waals surface area (Å²) in [5.74, 6) is -0.111. The fraction of sp³-hybridized carbons (Fsp3) is 0.273. The summed E-state index contributed by atoms with van der Waals surface area (Å²) in [4.78, 5) is 15.0. The summed E-state index contributed by atoms with van der Waals surface area (Å²) in [5, 5.41) is 10.4. The van der Waals surface area contributed by atoms with Crippen LogP contribution in [-0.4, -0.2) is 5.78 Å². The molecule has 210 valence electrons. The van der Waals surface area contributed by atoms with Gasteiger partial charge in [-0.25, -0.2) is 0 Å². The summed E-state index contributed by atoms with van der Waals surface area (Å²) in [5.41, 5.74) is 11.6. The van der Waals surface area contributed by atoms with E-state index in [0.29, 0.717) is 30.5 Å². The van der Waals surface area contributed by atoms with Crippen LogP contribution in [0.15, 0.2) is 83.3 Å². The van der Waals surface area contributed by atoms with Crippen molar-refractivity contribution in [3.63, 3.8) is 0 Å². The fourth-order valence-electron chi connectivity index (χ4n) is 5.72. The van der Waals surface area contributed by atoms with Crippen LogP contribution in [0, 0.1) is 32.1 Å². The predicted octanol–water partition coefficient (Wildman–Crippen LogP) is 7.51. The molecule has 0 aromatic heterocycles. The first-order valence-corrected chi connectivity index (χ1v) is 13.4. The molecule has 41 heavy (non-hydrogen) atoms. The number of hydrogen-bond acceptors (Lipinski definition) is 5. The number of carbonyl (C=O) groups is 1. The molecule has 1 heterocycles. The second-order valence-corrected chi connectivity index (χ2v) is 10.6. The van der Waals surface area contributed by atoms with Crippen molar-refractivity contribution in [2.75, 3.05) is 4.90 Å². The first-order chi connectivity index (χ1) is 19.5. The Labute approximate surface area is 237 Å². The molecule has 0 fully saturated rings. The van der Waals surface area contributed by atoms with E-state index in [4.69, 9.17) is 10.5 Å². The van der Waals surface area contributed by atoms with Gasteiger partial charge < -0.3 is 10.5 Å². The van der Waals surface area contributed by atoms with Gasteiger partial charge in [-0.2, -0.15) is 18.4 Å². The third-order valence-corrected chi connectivity index (χ3v) is 7.77. The molecule has 3 aromatic carbocycles.